The van der Waals surface area contributed by atoms with Crippen molar-refractivity contribution in [1.29, 1.82) is 0 Å². The zero-order chi connectivity index (χ0) is 34.9. The van der Waals surface area contributed by atoms with Crippen LogP contribution in [0.15, 0.2) is 200 Å². The van der Waals surface area contributed by atoms with Gasteiger partial charge in [0.2, 0.25) is 0 Å². The second-order valence-electron chi connectivity index (χ2n) is 13.8. The number of aromatic nitrogens is 3. The fourth-order valence-corrected chi connectivity index (χ4v) is 8.46. The van der Waals surface area contributed by atoms with Crippen molar-refractivity contribution < 1.29 is 0 Å². The SMILES string of the molecule is c1ccc(-c2ccc3c(c2)c2cc(-c4ccccc4)ccc2n3-c2cccc(-n3c4ccccc4c4c5c(ccc43)ccn5-c3ccccc3)c2)cc1. The molecule has 11 aromatic rings. The molecule has 3 aromatic heterocycles. The van der Waals surface area contributed by atoms with E-state index in [-0.39, 0.29) is 0 Å². The smallest absolute Gasteiger partial charge is 0.0628 e. The minimum absolute atomic E-state index is 1.13. The van der Waals surface area contributed by atoms with Crippen molar-refractivity contribution in [2.24, 2.45) is 0 Å². The third-order valence-corrected chi connectivity index (χ3v) is 10.8. The predicted octanol–water partition coefficient (Wildman–Crippen LogP) is 13.2. The monoisotopic (exact) mass is 675 g/mol. The van der Waals surface area contributed by atoms with Crippen molar-refractivity contribution in [2.75, 3.05) is 0 Å². The molecule has 11 rings (SSSR count). The first-order valence-corrected chi connectivity index (χ1v) is 18.2. The molecule has 0 atom stereocenters. The van der Waals surface area contributed by atoms with Gasteiger partial charge < -0.3 is 13.7 Å². The van der Waals surface area contributed by atoms with E-state index in [4.69, 9.17) is 0 Å². The molecule has 0 unspecified atom stereocenters. The summed E-state index contributed by atoms with van der Waals surface area (Å²) in [5.74, 6) is 0. The molecular weight excluding hydrogens is 643 g/mol. The Hall–Kier alpha value is -7.10. The fraction of sp³-hybridized carbons (Fsp3) is 0. The average molecular weight is 676 g/mol. The number of benzene rings is 8. The van der Waals surface area contributed by atoms with Gasteiger partial charge in [-0.3, -0.25) is 0 Å². The average Bonchev–Trinajstić information content (AvgIpc) is 3.91. The van der Waals surface area contributed by atoms with Crippen LogP contribution in [0.1, 0.15) is 0 Å². The quantitative estimate of drug-likeness (QED) is 0.172. The molecule has 3 nitrogen and oxygen atoms in total. The molecule has 3 heteroatoms. The minimum atomic E-state index is 1.13. The van der Waals surface area contributed by atoms with Gasteiger partial charge in [-0.2, -0.15) is 0 Å². The lowest BCUT2D eigenvalue weighted by atomic mass is 10.0. The molecule has 0 saturated carbocycles. The van der Waals surface area contributed by atoms with Gasteiger partial charge in [0.05, 0.1) is 27.6 Å². The van der Waals surface area contributed by atoms with Crippen LogP contribution in [0, 0.1) is 0 Å². The van der Waals surface area contributed by atoms with Crippen molar-refractivity contribution in [3.63, 3.8) is 0 Å². The summed E-state index contributed by atoms with van der Waals surface area (Å²) in [6.45, 7) is 0. The number of para-hydroxylation sites is 2. The molecule has 0 aliphatic rings. The maximum Gasteiger partial charge on any atom is 0.0628 e. The van der Waals surface area contributed by atoms with Crippen LogP contribution in [0.5, 0.6) is 0 Å². The van der Waals surface area contributed by atoms with Gasteiger partial charge in [-0.1, -0.05) is 121 Å². The van der Waals surface area contributed by atoms with Gasteiger partial charge in [0, 0.05) is 50.2 Å². The number of rotatable bonds is 5. The summed E-state index contributed by atoms with van der Waals surface area (Å²) in [5, 5.41) is 6.22. The van der Waals surface area contributed by atoms with Gasteiger partial charge in [0.1, 0.15) is 0 Å². The van der Waals surface area contributed by atoms with E-state index >= 15 is 0 Å². The van der Waals surface area contributed by atoms with Crippen molar-refractivity contribution in [3.05, 3.63) is 200 Å². The largest absolute Gasteiger partial charge is 0.316 e. The van der Waals surface area contributed by atoms with Crippen LogP contribution in [0.2, 0.25) is 0 Å². The maximum atomic E-state index is 2.44. The number of nitrogens with zero attached hydrogens (tertiary/aromatic N) is 3. The molecule has 0 aliphatic heterocycles. The molecule has 8 aromatic carbocycles. The van der Waals surface area contributed by atoms with E-state index in [1.54, 1.807) is 0 Å². The van der Waals surface area contributed by atoms with Crippen molar-refractivity contribution in [1.82, 2.24) is 13.7 Å². The van der Waals surface area contributed by atoms with Gasteiger partial charge in [0.15, 0.2) is 0 Å². The maximum absolute atomic E-state index is 2.44. The van der Waals surface area contributed by atoms with E-state index in [1.807, 2.05) is 0 Å². The first-order chi connectivity index (χ1) is 26.3. The minimum Gasteiger partial charge on any atom is -0.316 e. The molecule has 0 radical (unpaired) electrons. The highest BCUT2D eigenvalue weighted by atomic mass is 15.0. The summed E-state index contributed by atoms with van der Waals surface area (Å²) in [6.07, 6.45) is 2.20. The first kappa shape index (κ1) is 29.6. The topological polar surface area (TPSA) is 14.8 Å². The fourth-order valence-electron chi connectivity index (χ4n) is 8.46. The van der Waals surface area contributed by atoms with Crippen LogP contribution < -0.4 is 0 Å². The summed E-state index contributed by atoms with van der Waals surface area (Å²) in [7, 11) is 0. The third kappa shape index (κ3) is 4.61. The Labute approximate surface area is 306 Å². The third-order valence-electron chi connectivity index (χ3n) is 10.8. The number of hydrogen-bond donors (Lipinski definition) is 0. The van der Waals surface area contributed by atoms with Gasteiger partial charge in [0.25, 0.3) is 0 Å². The van der Waals surface area contributed by atoms with E-state index in [9.17, 15) is 0 Å². The van der Waals surface area contributed by atoms with Gasteiger partial charge >= 0.3 is 0 Å². The summed E-state index contributed by atoms with van der Waals surface area (Å²) in [4.78, 5) is 0. The van der Waals surface area contributed by atoms with E-state index in [0.29, 0.717) is 0 Å². The molecule has 0 bridgehead atoms. The lowest BCUT2D eigenvalue weighted by Gasteiger charge is -2.13. The lowest BCUT2D eigenvalue weighted by Crippen LogP contribution is -1.98. The highest BCUT2D eigenvalue weighted by Gasteiger charge is 2.19. The Morgan fingerprint density at radius 1 is 0.302 bits per heavy atom. The zero-order valence-electron chi connectivity index (χ0n) is 28.9. The van der Waals surface area contributed by atoms with Crippen LogP contribution in [-0.4, -0.2) is 13.7 Å². The Morgan fingerprint density at radius 3 is 1.45 bits per heavy atom. The summed E-state index contributed by atoms with van der Waals surface area (Å²) in [5.41, 5.74) is 14.3. The van der Waals surface area contributed by atoms with Crippen molar-refractivity contribution in [3.8, 4) is 39.3 Å². The van der Waals surface area contributed by atoms with Gasteiger partial charge in [-0.15, -0.1) is 0 Å². The summed E-state index contributed by atoms with van der Waals surface area (Å²) < 4.78 is 7.20. The van der Waals surface area contributed by atoms with Crippen molar-refractivity contribution in [2.45, 2.75) is 0 Å². The highest BCUT2D eigenvalue weighted by Crippen LogP contribution is 2.40. The van der Waals surface area contributed by atoms with Crippen LogP contribution in [0.3, 0.4) is 0 Å². The molecular formula is C50H33N3. The van der Waals surface area contributed by atoms with Gasteiger partial charge in [-0.25, -0.2) is 0 Å². The molecule has 3 heterocycles. The molecule has 0 N–H and O–H groups in total. The van der Waals surface area contributed by atoms with E-state index in [2.05, 4.69) is 214 Å². The zero-order valence-corrected chi connectivity index (χ0v) is 28.9. The molecule has 53 heavy (non-hydrogen) atoms. The van der Waals surface area contributed by atoms with Crippen molar-refractivity contribution >= 4 is 54.5 Å². The standard InChI is InChI=1S/C50H33N3/c1-4-13-34(14-5-1)37-24-26-46-43(31-37)44-32-38(35-15-6-2-7-16-35)25-27-47(44)52(46)40-19-12-20-41(33-40)53-45-22-11-10-21-42(45)49-48(53)28-23-36-29-30-51(50(36)49)39-17-8-3-9-18-39/h1-33H. The van der Waals surface area contributed by atoms with E-state index in [1.165, 1.54) is 76.8 Å². The van der Waals surface area contributed by atoms with Crippen LogP contribution >= 0.6 is 0 Å². The molecule has 248 valence electrons. The molecule has 0 fully saturated rings. The van der Waals surface area contributed by atoms with Gasteiger partial charge in [-0.05, 0) is 95.1 Å². The molecule has 0 saturated heterocycles. The Bertz CT molecular complexity index is 3050. The van der Waals surface area contributed by atoms with E-state index in [0.717, 1.165) is 17.1 Å². The Kier molecular flexibility index (Phi) is 6.55. The molecule has 0 spiro atoms. The summed E-state index contributed by atoms with van der Waals surface area (Å²) in [6, 6.07) is 70.5. The van der Waals surface area contributed by atoms with Crippen LogP contribution in [0.25, 0.3) is 93.8 Å². The number of hydrogen-bond acceptors (Lipinski definition) is 0. The molecule has 0 aliphatic carbocycles. The lowest BCUT2D eigenvalue weighted by molar-refractivity contribution is 1.13. The van der Waals surface area contributed by atoms with Crippen LogP contribution in [-0.2, 0) is 0 Å². The van der Waals surface area contributed by atoms with Crippen LogP contribution in [0.4, 0.5) is 0 Å². The second kappa shape index (κ2) is 11.7. The predicted molar refractivity (Wildman–Crippen MR) is 223 cm³/mol. The van der Waals surface area contributed by atoms with E-state index < -0.39 is 0 Å². The summed E-state index contributed by atoms with van der Waals surface area (Å²) >= 11 is 0. The highest BCUT2D eigenvalue weighted by molar-refractivity contribution is 6.21. The Balaban J connectivity index is 1.16. The normalized spacial score (nSPS) is 11.8. The second-order valence-corrected chi connectivity index (χ2v) is 13.8. The Morgan fingerprint density at radius 2 is 0.811 bits per heavy atom. The first-order valence-electron chi connectivity index (χ1n) is 18.2. The molecule has 0 amide bonds. The number of fused-ring (bicyclic) bond motifs is 8.